The summed E-state index contributed by atoms with van der Waals surface area (Å²) in [7, 11) is 4.77. The van der Waals surface area contributed by atoms with Crippen LogP contribution in [0.3, 0.4) is 0 Å². The van der Waals surface area contributed by atoms with Crippen LogP contribution in [0.1, 0.15) is 11.1 Å². The monoisotopic (exact) mass is 404 g/mol. The molecule has 2 N–H and O–H groups in total. The summed E-state index contributed by atoms with van der Waals surface area (Å²) in [5.74, 6) is 2.86. The summed E-state index contributed by atoms with van der Waals surface area (Å²) >= 11 is 0. The molecule has 0 amide bonds. The highest BCUT2D eigenvalue weighted by molar-refractivity contribution is 5.55. The molecule has 0 bridgehead atoms. The smallest absolute Gasteiger partial charge is 0.231 e. The zero-order chi connectivity index (χ0) is 20.8. The maximum absolute atomic E-state index is 10.0. The molecule has 0 saturated heterocycles. The zero-order valence-electron chi connectivity index (χ0n) is 17.0. The maximum atomic E-state index is 10.0. The van der Waals surface area contributed by atoms with Crippen LogP contribution >= 0.6 is 0 Å². The molecule has 2 aromatic carbocycles. The van der Waals surface area contributed by atoms with Crippen LogP contribution in [-0.4, -0.2) is 51.5 Å². The lowest BCUT2D eigenvalue weighted by atomic mass is 9.83. The molecule has 0 aliphatic carbocycles. The quantitative estimate of drug-likeness (QED) is 0.629. The van der Waals surface area contributed by atoms with E-state index in [1.807, 2.05) is 30.3 Å². The Labute approximate surface area is 170 Å². The zero-order valence-corrected chi connectivity index (χ0v) is 17.0. The van der Waals surface area contributed by atoms with Gasteiger partial charge in [0, 0.05) is 13.2 Å². The summed E-state index contributed by atoms with van der Waals surface area (Å²) in [5, 5.41) is 20.0. The minimum atomic E-state index is -0.141. The van der Waals surface area contributed by atoms with E-state index in [0.29, 0.717) is 41.6 Å². The van der Waals surface area contributed by atoms with Crippen molar-refractivity contribution in [2.45, 2.75) is 12.8 Å². The van der Waals surface area contributed by atoms with E-state index < -0.39 is 0 Å². The Kier molecular flexibility index (Phi) is 7.06. The van der Waals surface area contributed by atoms with E-state index in [1.165, 1.54) is 0 Å². The topological polar surface area (TPSA) is 86.6 Å². The molecule has 29 heavy (non-hydrogen) atoms. The highest BCUT2D eigenvalue weighted by Gasteiger charge is 2.25. The normalized spacial score (nSPS) is 14.4. The van der Waals surface area contributed by atoms with Crippen molar-refractivity contribution in [3.05, 3.63) is 41.5 Å². The van der Waals surface area contributed by atoms with Crippen molar-refractivity contribution in [3.63, 3.8) is 0 Å². The van der Waals surface area contributed by atoms with Gasteiger partial charge in [-0.1, -0.05) is 6.07 Å². The third-order valence-electron chi connectivity index (χ3n) is 5.30. The van der Waals surface area contributed by atoms with Crippen LogP contribution in [0.4, 0.5) is 0 Å². The average molecular weight is 404 g/mol. The van der Waals surface area contributed by atoms with Gasteiger partial charge in [0.25, 0.3) is 0 Å². The van der Waals surface area contributed by atoms with Crippen LogP contribution in [0.25, 0.3) is 0 Å². The Morgan fingerprint density at radius 2 is 1.41 bits per heavy atom. The SMILES string of the molecule is COc1ccc(CC(CO)C(CO)Cc2cc(OC)c3c(c2)OCO3)cc1OC. The number of fused-ring (bicyclic) bond motifs is 1. The third kappa shape index (κ3) is 4.68. The lowest BCUT2D eigenvalue weighted by Gasteiger charge is -2.25. The van der Waals surface area contributed by atoms with E-state index >= 15 is 0 Å². The fraction of sp³-hybridized carbons (Fsp3) is 0.455. The van der Waals surface area contributed by atoms with Crippen LogP contribution in [-0.2, 0) is 12.8 Å². The Hall–Kier alpha value is -2.64. The molecule has 2 aromatic rings. The van der Waals surface area contributed by atoms with Crippen LogP contribution in [0.2, 0.25) is 0 Å². The number of ether oxygens (including phenoxy) is 5. The van der Waals surface area contributed by atoms with E-state index in [0.717, 1.165) is 11.1 Å². The Morgan fingerprint density at radius 3 is 2.03 bits per heavy atom. The van der Waals surface area contributed by atoms with Gasteiger partial charge in [0.2, 0.25) is 12.5 Å². The molecule has 0 fully saturated rings. The Morgan fingerprint density at radius 1 is 0.793 bits per heavy atom. The molecule has 2 unspecified atom stereocenters. The van der Waals surface area contributed by atoms with Gasteiger partial charge in [0.15, 0.2) is 23.0 Å². The van der Waals surface area contributed by atoms with E-state index in [-0.39, 0.29) is 31.8 Å². The molecule has 1 aliphatic heterocycles. The van der Waals surface area contributed by atoms with E-state index in [1.54, 1.807) is 21.3 Å². The second-order valence-electron chi connectivity index (χ2n) is 7.01. The number of methoxy groups -OCH3 is 3. The van der Waals surface area contributed by atoms with Crippen LogP contribution in [0.5, 0.6) is 28.7 Å². The van der Waals surface area contributed by atoms with Gasteiger partial charge in [-0.05, 0) is 60.1 Å². The molecule has 3 rings (SSSR count). The average Bonchev–Trinajstić information content (AvgIpc) is 3.23. The van der Waals surface area contributed by atoms with E-state index in [9.17, 15) is 10.2 Å². The molecular formula is C22H28O7. The van der Waals surface area contributed by atoms with E-state index in [4.69, 9.17) is 23.7 Å². The fourth-order valence-corrected chi connectivity index (χ4v) is 3.68. The molecule has 0 aromatic heterocycles. The molecule has 158 valence electrons. The first kappa shape index (κ1) is 21.1. The molecule has 7 heteroatoms. The van der Waals surface area contributed by atoms with Crippen molar-refractivity contribution in [3.8, 4) is 28.7 Å². The van der Waals surface area contributed by atoms with Crippen molar-refractivity contribution < 1.29 is 33.9 Å². The number of rotatable bonds is 10. The Balaban J connectivity index is 1.77. The van der Waals surface area contributed by atoms with Crippen molar-refractivity contribution >= 4 is 0 Å². The molecule has 1 aliphatic rings. The van der Waals surface area contributed by atoms with Crippen molar-refractivity contribution in [1.29, 1.82) is 0 Å². The second-order valence-corrected chi connectivity index (χ2v) is 7.01. The summed E-state index contributed by atoms with van der Waals surface area (Å²) in [4.78, 5) is 0. The molecule has 0 saturated carbocycles. The summed E-state index contributed by atoms with van der Waals surface area (Å²) in [6.45, 7) is 0.0771. The second kappa shape index (κ2) is 9.71. The summed E-state index contributed by atoms with van der Waals surface area (Å²) in [6, 6.07) is 9.49. The van der Waals surface area contributed by atoms with Crippen LogP contribution < -0.4 is 23.7 Å². The van der Waals surface area contributed by atoms with Crippen molar-refractivity contribution in [2.75, 3.05) is 41.3 Å². The number of benzene rings is 2. The van der Waals surface area contributed by atoms with Gasteiger partial charge in [0.1, 0.15) is 0 Å². The van der Waals surface area contributed by atoms with Gasteiger partial charge in [-0.25, -0.2) is 0 Å². The first-order valence-electron chi connectivity index (χ1n) is 9.52. The predicted molar refractivity (Wildman–Crippen MR) is 107 cm³/mol. The molecule has 0 radical (unpaired) electrons. The molecule has 7 nitrogen and oxygen atoms in total. The number of hydrogen-bond donors (Lipinski definition) is 2. The van der Waals surface area contributed by atoms with Crippen LogP contribution in [0.15, 0.2) is 30.3 Å². The molecule has 1 heterocycles. The highest BCUT2D eigenvalue weighted by Crippen LogP contribution is 2.42. The summed E-state index contributed by atoms with van der Waals surface area (Å²) in [6.07, 6.45) is 1.17. The van der Waals surface area contributed by atoms with Gasteiger partial charge in [-0.3, -0.25) is 0 Å². The van der Waals surface area contributed by atoms with E-state index in [2.05, 4.69) is 0 Å². The summed E-state index contributed by atoms with van der Waals surface area (Å²) < 4.78 is 27.0. The number of aliphatic hydroxyl groups excluding tert-OH is 2. The van der Waals surface area contributed by atoms with Crippen LogP contribution in [0, 0.1) is 11.8 Å². The number of aliphatic hydroxyl groups is 2. The maximum Gasteiger partial charge on any atom is 0.231 e. The van der Waals surface area contributed by atoms with Gasteiger partial charge in [-0.15, -0.1) is 0 Å². The minimum Gasteiger partial charge on any atom is -0.493 e. The predicted octanol–water partition coefficient (Wildman–Crippen LogP) is 2.44. The minimum absolute atomic E-state index is 0.0404. The first-order chi connectivity index (χ1) is 14.1. The summed E-state index contributed by atoms with van der Waals surface area (Å²) in [5.41, 5.74) is 1.96. The van der Waals surface area contributed by atoms with Crippen molar-refractivity contribution in [1.82, 2.24) is 0 Å². The largest absolute Gasteiger partial charge is 0.493 e. The molecular weight excluding hydrogens is 376 g/mol. The van der Waals surface area contributed by atoms with Gasteiger partial charge in [-0.2, -0.15) is 0 Å². The number of hydrogen-bond acceptors (Lipinski definition) is 7. The third-order valence-corrected chi connectivity index (χ3v) is 5.30. The van der Waals surface area contributed by atoms with Gasteiger partial charge in [0.05, 0.1) is 21.3 Å². The van der Waals surface area contributed by atoms with Gasteiger partial charge >= 0.3 is 0 Å². The molecule has 0 spiro atoms. The lowest BCUT2D eigenvalue weighted by molar-refractivity contribution is 0.119. The lowest BCUT2D eigenvalue weighted by Crippen LogP contribution is -2.26. The standard InChI is InChI=1S/C22H28O7/c1-25-18-5-4-14(8-19(18)26-2)6-16(11-23)17(12-24)7-15-9-20(27-3)22-21(10-15)28-13-29-22/h4-5,8-10,16-17,23-24H,6-7,11-13H2,1-3H3. The van der Waals surface area contributed by atoms with Crippen molar-refractivity contribution in [2.24, 2.45) is 11.8 Å². The highest BCUT2D eigenvalue weighted by atomic mass is 16.7. The first-order valence-corrected chi connectivity index (χ1v) is 9.52. The van der Waals surface area contributed by atoms with Gasteiger partial charge < -0.3 is 33.9 Å². The Bertz CT molecular complexity index is 821. The fourth-order valence-electron chi connectivity index (χ4n) is 3.68. The molecule has 2 atom stereocenters.